The Labute approximate surface area is 141 Å². The van der Waals surface area contributed by atoms with Crippen molar-refractivity contribution in [1.82, 2.24) is 15.1 Å². The Morgan fingerprint density at radius 3 is 2.96 bits per heavy atom. The molecule has 3 heterocycles. The van der Waals surface area contributed by atoms with Gasteiger partial charge in [0.1, 0.15) is 0 Å². The number of thiophene rings is 1. The van der Waals surface area contributed by atoms with Crippen LogP contribution in [0, 0.1) is 0 Å². The molecule has 0 unspecified atom stereocenters. The standard InChI is InChI=1S/C17H25N3O2S/c1-13(21)15-9-14(11-23-15)10-20-8-7-19(2)17(12-20)4-3-16(22)18-6-5-17/h9,11H,3-8,10,12H2,1-2H3,(H,18,22)/t17-/m1/s1. The van der Waals surface area contributed by atoms with Gasteiger partial charge in [0.25, 0.3) is 0 Å². The zero-order chi connectivity index (χ0) is 16.4. The summed E-state index contributed by atoms with van der Waals surface area (Å²) in [5, 5.41) is 5.09. The van der Waals surface area contributed by atoms with E-state index in [1.165, 1.54) is 16.9 Å². The number of carbonyl (C=O) groups is 2. The Kier molecular flexibility index (Phi) is 4.85. The van der Waals surface area contributed by atoms with Crippen LogP contribution in [0.5, 0.6) is 0 Å². The van der Waals surface area contributed by atoms with E-state index >= 15 is 0 Å². The summed E-state index contributed by atoms with van der Waals surface area (Å²) in [4.78, 5) is 28.9. The highest BCUT2D eigenvalue weighted by Crippen LogP contribution is 2.31. The Balaban J connectivity index is 1.69. The number of amides is 1. The summed E-state index contributed by atoms with van der Waals surface area (Å²) in [6.07, 6.45) is 2.55. The van der Waals surface area contributed by atoms with E-state index in [1.807, 2.05) is 6.07 Å². The number of likely N-dealkylation sites (N-methyl/N-ethyl adjacent to an activating group) is 1. The molecule has 23 heavy (non-hydrogen) atoms. The molecule has 0 aliphatic carbocycles. The van der Waals surface area contributed by atoms with Crippen molar-refractivity contribution in [2.45, 2.75) is 38.3 Å². The zero-order valence-electron chi connectivity index (χ0n) is 13.9. The number of piperazine rings is 1. The molecule has 1 aromatic rings. The van der Waals surface area contributed by atoms with Gasteiger partial charge in [-0.1, -0.05) is 0 Å². The van der Waals surface area contributed by atoms with Crippen LogP contribution in [0.1, 0.15) is 41.4 Å². The second kappa shape index (κ2) is 6.71. The second-order valence-electron chi connectivity index (χ2n) is 6.83. The number of nitrogens with one attached hydrogen (secondary N) is 1. The van der Waals surface area contributed by atoms with Crippen molar-refractivity contribution in [1.29, 1.82) is 0 Å². The fourth-order valence-electron chi connectivity index (χ4n) is 3.71. The van der Waals surface area contributed by atoms with Crippen LogP contribution in [0.2, 0.25) is 0 Å². The van der Waals surface area contributed by atoms with E-state index in [1.54, 1.807) is 6.92 Å². The summed E-state index contributed by atoms with van der Waals surface area (Å²) < 4.78 is 0. The van der Waals surface area contributed by atoms with Gasteiger partial charge >= 0.3 is 0 Å². The minimum absolute atomic E-state index is 0.0941. The smallest absolute Gasteiger partial charge is 0.220 e. The van der Waals surface area contributed by atoms with Gasteiger partial charge in [-0.15, -0.1) is 11.3 Å². The highest BCUT2D eigenvalue weighted by Gasteiger charge is 2.40. The molecular weight excluding hydrogens is 310 g/mol. The second-order valence-corrected chi connectivity index (χ2v) is 7.74. The maximum Gasteiger partial charge on any atom is 0.220 e. The van der Waals surface area contributed by atoms with Crippen LogP contribution >= 0.6 is 11.3 Å². The third-order valence-corrected chi connectivity index (χ3v) is 6.30. The number of ketones is 1. The highest BCUT2D eigenvalue weighted by molar-refractivity contribution is 7.12. The van der Waals surface area contributed by atoms with Crippen molar-refractivity contribution in [3.63, 3.8) is 0 Å². The quantitative estimate of drug-likeness (QED) is 0.855. The van der Waals surface area contributed by atoms with E-state index in [9.17, 15) is 9.59 Å². The fraction of sp³-hybridized carbons (Fsp3) is 0.647. The van der Waals surface area contributed by atoms with Gasteiger partial charge in [-0.05, 0) is 43.8 Å². The molecular formula is C17H25N3O2S. The summed E-state index contributed by atoms with van der Waals surface area (Å²) in [6.45, 7) is 6.33. The Bertz CT molecular complexity index is 600. The van der Waals surface area contributed by atoms with Gasteiger partial charge in [0.2, 0.25) is 5.91 Å². The van der Waals surface area contributed by atoms with Crippen LogP contribution in [-0.4, -0.2) is 60.3 Å². The van der Waals surface area contributed by atoms with Gasteiger partial charge in [-0.3, -0.25) is 19.4 Å². The molecule has 1 amide bonds. The number of nitrogens with zero attached hydrogens (tertiary/aromatic N) is 2. The fourth-order valence-corrected chi connectivity index (χ4v) is 4.52. The first-order chi connectivity index (χ1) is 11.0. The van der Waals surface area contributed by atoms with Crippen LogP contribution in [0.15, 0.2) is 11.4 Å². The van der Waals surface area contributed by atoms with E-state index in [-0.39, 0.29) is 17.2 Å². The van der Waals surface area contributed by atoms with E-state index in [4.69, 9.17) is 0 Å². The highest BCUT2D eigenvalue weighted by atomic mass is 32.1. The molecule has 2 aliphatic rings. The summed E-state index contributed by atoms with van der Waals surface area (Å²) in [7, 11) is 2.19. The summed E-state index contributed by atoms with van der Waals surface area (Å²) in [6, 6.07) is 2.02. The van der Waals surface area contributed by atoms with Crippen molar-refractivity contribution < 1.29 is 9.59 Å². The SMILES string of the molecule is CC(=O)c1cc(CN2CCN(C)[C@]3(CCNC(=O)CC3)C2)cs1. The van der Waals surface area contributed by atoms with Crippen molar-refractivity contribution in [2.24, 2.45) is 0 Å². The predicted molar refractivity (Wildman–Crippen MR) is 91.8 cm³/mol. The monoisotopic (exact) mass is 335 g/mol. The number of hydrogen-bond acceptors (Lipinski definition) is 5. The Morgan fingerprint density at radius 1 is 1.39 bits per heavy atom. The summed E-state index contributed by atoms with van der Waals surface area (Å²) in [5.41, 5.74) is 1.32. The predicted octanol–water partition coefficient (Wildman–Crippen LogP) is 1.74. The zero-order valence-corrected chi connectivity index (χ0v) is 14.7. The lowest BCUT2D eigenvalue weighted by atomic mass is 9.86. The molecule has 126 valence electrons. The van der Waals surface area contributed by atoms with Crippen LogP contribution in [0.3, 0.4) is 0 Å². The third kappa shape index (κ3) is 3.65. The van der Waals surface area contributed by atoms with Crippen molar-refractivity contribution in [3.05, 3.63) is 21.9 Å². The average molecular weight is 335 g/mol. The molecule has 0 radical (unpaired) electrons. The Morgan fingerprint density at radius 2 is 2.22 bits per heavy atom. The largest absolute Gasteiger partial charge is 0.356 e. The summed E-state index contributed by atoms with van der Waals surface area (Å²) >= 11 is 1.54. The normalized spacial score (nSPS) is 27.0. The topological polar surface area (TPSA) is 52.7 Å². The molecule has 2 aliphatic heterocycles. The van der Waals surface area contributed by atoms with Crippen LogP contribution in [-0.2, 0) is 11.3 Å². The summed E-state index contributed by atoms with van der Waals surface area (Å²) in [5.74, 6) is 0.320. The van der Waals surface area contributed by atoms with Gasteiger partial charge in [-0.2, -0.15) is 0 Å². The molecule has 1 N–H and O–H groups in total. The van der Waals surface area contributed by atoms with Crippen molar-refractivity contribution in [2.75, 3.05) is 33.2 Å². The molecule has 0 saturated carbocycles. The van der Waals surface area contributed by atoms with E-state index in [2.05, 4.69) is 27.5 Å². The van der Waals surface area contributed by atoms with Crippen LogP contribution in [0.4, 0.5) is 0 Å². The number of carbonyl (C=O) groups excluding carboxylic acids is 2. The van der Waals surface area contributed by atoms with Crippen molar-refractivity contribution >= 4 is 23.0 Å². The lowest BCUT2D eigenvalue weighted by molar-refractivity contribution is -0.121. The average Bonchev–Trinajstić information content (AvgIpc) is 2.90. The van der Waals surface area contributed by atoms with E-state index < -0.39 is 0 Å². The molecule has 3 rings (SSSR count). The van der Waals surface area contributed by atoms with E-state index in [0.29, 0.717) is 6.42 Å². The molecule has 6 heteroatoms. The minimum Gasteiger partial charge on any atom is -0.356 e. The first kappa shape index (κ1) is 16.6. The maximum atomic E-state index is 11.7. The molecule has 2 fully saturated rings. The molecule has 0 bridgehead atoms. The number of rotatable bonds is 3. The molecule has 1 aromatic heterocycles. The first-order valence-electron chi connectivity index (χ1n) is 8.27. The number of Topliss-reactive ketones (excluding diaryl/α,β-unsaturated/α-hetero) is 1. The van der Waals surface area contributed by atoms with Crippen LogP contribution in [0.25, 0.3) is 0 Å². The minimum atomic E-state index is 0.0941. The van der Waals surface area contributed by atoms with Gasteiger partial charge in [-0.25, -0.2) is 0 Å². The van der Waals surface area contributed by atoms with Gasteiger partial charge < -0.3 is 5.32 Å². The van der Waals surface area contributed by atoms with Gasteiger partial charge in [0.15, 0.2) is 5.78 Å². The molecule has 0 aromatic carbocycles. The van der Waals surface area contributed by atoms with Gasteiger partial charge in [0, 0.05) is 44.7 Å². The first-order valence-corrected chi connectivity index (χ1v) is 9.15. The molecule has 5 nitrogen and oxygen atoms in total. The molecule has 2 saturated heterocycles. The molecule has 1 spiro atoms. The van der Waals surface area contributed by atoms with Crippen LogP contribution < -0.4 is 5.32 Å². The Hall–Kier alpha value is -1.24. The molecule has 1 atom stereocenters. The lowest BCUT2D eigenvalue weighted by Crippen LogP contribution is -2.60. The van der Waals surface area contributed by atoms with Crippen molar-refractivity contribution in [3.8, 4) is 0 Å². The maximum absolute atomic E-state index is 11.7. The number of hydrogen-bond donors (Lipinski definition) is 1. The van der Waals surface area contributed by atoms with Gasteiger partial charge in [0.05, 0.1) is 4.88 Å². The third-order valence-electron chi connectivity index (χ3n) is 5.22. The van der Waals surface area contributed by atoms with E-state index in [0.717, 1.165) is 50.4 Å². The lowest BCUT2D eigenvalue weighted by Gasteiger charge is -2.49.